The Morgan fingerprint density at radius 3 is 1.66 bits per heavy atom. The Bertz CT molecular complexity index is 3030. The zero-order valence-corrected chi connectivity index (χ0v) is 35.0. The number of carbonyl (C=O) groups is 3. The number of hydrogen-bond acceptors (Lipinski definition) is 15. The molecule has 0 spiro atoms. The van der Waals surface area contributed by atoms with Crippen LogP contribution in [0.2, 0.25) is 0 Å². The second-order valence-electron chi connectivity index (χ2n) is 14.5. The summed E-state index contributed by atoms with van der Waals surface area (Å²) < 4.78 is 44.6. The van der Waals surface area contributed by atoms with Crippen molar-refractivity contribution >= 4 is 61.7 Å². The Labute approximate surface area is 364 Å². The average molecular weight is 871 g/mol. The SMILES string of the molecule is CNC(=O)c1c(C)oc2cc(Oc3ccnc4cc(OCC(O)CO)ccc34)ccc12.CNC(=O)c1c(C)oc2cc(Oc3ccnc4cc(OCC5COC(=O)O5)ccc34)ccc12. The molecule has 0 bridgehead atoms. The number of aryl methyl sites for hydroxylation is 2. The highest BCUT2D eigenvalue weighted by atomic mass is 16.8. The average Bonchev–Trinajstić information content (AvgIpc) is 3.99. The van der Waals surface area contributed by atoms with Crippen LogP contribution < -0.4 is 29.6 Å². The molecule has 2 atom stereocenters. The fraction of sp³-hybridized carbons (Fsp3) is 0.213. The molecule has 17 heteroatoms. The van der Waals surface area contributed by atoms with Crippen molar-refractivity contribution in [2.24, 2.45) is 0 Å². The highest BCUT2D eigenvalue weighted by Gasteiger charge is 2.26. The summed E-state index contributed by atoms with van der Waals surface area (Å²) in [6.45, 7) is 3.49. The number of fused-ring (bicyclic) bond motifs is 4. The molecule has 1 fully saturated rings. The molecule has 1 saturated heterocycles. The molecule has 2 amide bonds. The van der Waals surface area contributed by atoms with E-state index in [1.807, 2.05) is 12.1 Å². The van der Waals surface area contributed by atoms with Crippen molar-refractivity contribution in [2.75, 3.05) is 40.5 Å². The first-order valence-corrected chi connectivity index (χ1v) is 20.0. The van der Waals surface area contributed by atoms with Gasteiger partial charge in [0, 0.05) is 72.3 Å². The first-order chi connectivity index (χ1) is 31.0. The second-order valence-corrected chi connectivity index (χ2v) is 14.5. The molecule has 1 aliphatic heterocycles. The maximum absolute atomic E-state index is 12.1. The summed E-state index contributed by atoms with van der Waals surface area (Å²) >= 11 is 0. The van der Waals surface area contributed by atoms with Crippen molar-refractivity contribution in [3.05, 3.63) is 120 Å². The lowest BCUT2D eigenvalue weighted by Gasteiger charge is -2.12. The largest absolute Gasteiger partial charge is 0.508 e. The number of carbonyl (C=O) groups excluding carboxylic acids is 3. The number of aromatic nitrogens is 2. The number of cyclic esters (lactones) is 2. The summed E-state index contributed by atoms with van der Waals surface area (Å²) in [7, 11) is 3.17. The van der Waals surface area contributed by atoms with Crippen molar-refractivity contribution in [2.45, 2.75) is 26.1 Å². The number of pyridine rings is 2. The highest BCUT2D eigenvalue weighted by Crippen LogP contribution is 2.36. The van der Waals surface area contributed by atoms with Gasteiger partial charge < -0.3 is 58.1 Å². The Balaban J connectivity index is 0.000000175. The summed E-state index contributed by atoms with van der Waals surface area (Å²) in [5, 5.41) is 26.6. The van der Waals surface area contributed by atoms with Crippen LogP contribution >= 0.6 is 0 Å². The van der Waals surface area contributed by atoms with E-state index in [0.29, 0.717) is 79.3 Å². The Hall–Kier alpha value is -7.89. The molecule has 17 nitrogen and oxygen atoms in total. The molecule has 0 aliphatic carbocycles. The van der Waals surface area contributed by atoms with E-state index in [2.05, 4.69) is 20.6 Å². The minimum atomic E-state index is -0.942. The van der Waals surface area contributed by atoms with Crippen LogP contribution in [0.4, 0.5) is 4.79 Å². The molecule has 9 rings (SSSR count). The van der Waals surface area contributed by atoms with Crippen molar-refractivity contribution < 1.29 is 61.9 Å². The Morgan fingerprint density at radius 1 is 0.703 bits per heavy atom. The molecule has 2 unspecified atom stereocenters. The molecule has 4 aromatic carbocycles. The summed E-state index contributed by atoms with van der Waals surface area (Å²) in [6, 6.07) is 24.9. The number of ether oxygens (including phenoxy) is 6. The van der Waals surface area contributed by atoms with Gasteiger partial charge in [-0.1, -0.05) is 0 Å². The second kappa shape index (κ2) is 18.6. The summed E-state index contributed by atoms with van der Waals surface area (Å²) in [4.78, 5) is 44.0. The van der Waals surface area contributed by atoms with Crippen LogP contribution in [0.3, 0.4) is 0 Å². The molecular weight excluding hydrogens is 829 g/mol. The fourth-order valence-corrected chi connectivity index (χ4v) is 7.04. The van der Waals surface area contributed by atoms with Gasteiger partial charge in [0.1, 0.15) is 83.1 Å². The smallest absolute Gasteiger partial charge is 0.491 e. The first kappa shape index (κ1) is 42.8. The number of amides is 2. The number of hydrogen-bond donors (Lipinski definition) is 4. The zero-order chi connectivity index (χ0) is 44.9. The van der Waals surface area contributed by atoms with Gasteiger partial charge in [-0.05, 0) is 74.5 Å². The quantitative estimate of drug-likeness (QED) is 0.0822. The molecule has 0 saturated carbocycles. The third-order valence-electron chi connectivity index (χ3n) is 10.1. The van der Waals surface area contributed by atoms with Gasteiger partial charge in [-0.25, -0.2) is 4.79 Å². The standard InChI is InChI=1S/C24H20N2O7.C23H22N2O6/c1-13-22(23(27)25-2)18-6-4-15(10-21(18)31-13)32-20-7-8-26-19-9-14(3-5-17(19)20)29-11-16-12-30-24(28)33-16;1-13-22(23(28)24-2)18-6-4-16(10-21(18)30-13)31-20-7-8-25-19-9-15(3-5-17(19)20)29-12-14(27)11-26/h3-10,16H,11-12H2,1-2H3,(H,25,27);3-10,14,26-27H,11-12H2,1-2H3,(H,24,28). The molecule has 0 radical (unpaired) electrons. The van der Waals surface area contributed by atoms with Crippen LogP contribution in [0.1, 0.15) is 32.2 Å². The van der Waals surface area contributed by atoms with Crippen molar-refractivity contribution in [1.82, 2.24) is 20.6 Å². The zero-order valence-electron chi connectivity index (χ0n) is 35.0. The molecule has 8 aromatic rings. The third kappa shape index (κ3) is 9.16. The maximum Gasteiger partial charge on any atom is 0.508 e. The normalized spacial score (nSPS) is 13.8. The molecule has 1 aliphatic rings. The minimum Gasteiger partial charge on any atom is -0.491 e. The Kier molecular flexibility index (Phi) is 12.4. The van der Waals surface area contributed by atoms with Crippen LogP contribution in [0, 0.1) is 13.8 Å². The van der Waals surface area contributed by atoms with E-state index in [4.69, 9.17) is 42.4 Å². The minimum absolute atomic E-state index is 0.0151. The first-order valence-electron chi connectivity index (χ1n) is 20.0. The number of rotatable bonds is 13. The number of benzene rings is 4. The lowest BCUT2D eigenvalue weighted by Crippen LogP contribution is -2.21. The van der Waals surface area contributed by atoms with E-state index in [0.717, 1.165) is 21.5 Å². The summed E-state index contributed by atoms with van der Waals surface area (Å²) in [5.74, 6) is 4.13. The highest BCUT2D eigenvalue weighted by molar-refractivity contribution is 6.08. The molecule has 4 N–H and O–H groups in total. The van der Waals surface area contributed by atoms with Gasteiger partial charge in [0.25, 0.3) is 11.8 Å². The monoisotopic (exact) mass is 870 g/mol. The van der Waals surface area contributed by atoms with E-state index in [-0.39, 0.29) is 38.2 Å². The van der Waals surface area contributed by atoms with Crippen LogP contribution in [-0.2, 0) is 9.47 Å². The van der Waals surface area contributed by atoms with E-state index in [1.165, 1.54) is 0 Å². The lowest BCUT2D eigenvalue weighted by atomic mass is 10.1. The molecule has 4 aromatic heterocycles. The van der Waals surface area contributed by atoms with Crippen LogP contribution in [0.15, 0.2) is 106 Å². The fourth-order valence-electron chi connectivity index (χ4n) is 7.04. The predicted octanol–water partition coefficient (Wildman–Crippen LogP) is 7.53. The Morgan fingerprint density at radius 2 is 1.19 bits per heavy atom. The number of nitrogens with one attached hydrogen (secondary N) is 2. The maximum atomic E-state index is 12.1. The van der Waals surface area contributed by atoms with Crippen molar-refractivity contribution in [3.63, 3.8) is 0 Å². The van der Waals surface area contributed by atoms with Gasteiger partial charge in [-0.2, -0.15) is 0 Å². The molecular formula is C47H42N4O13. The van der Waals surface area contributed by atoms with Crippen LogP contribution in [0.25, 0.3) is 43.7 Å². The van der Waals surface area contributed by atoms with Crippen LogP contribution in [0.5, 0.6) is 34.5 Å². The lowest BCUT2D eigenvalue weighted by molar-refractivity contribution is 0.0536. The number of aliphatic hydroxyl groups excluding tert-OH is 2. The number of nitrogens with zero attached hydrogens (tertiary/aromatic N) is 2. The number of aliphatic hydroxyl groups is 2. The molecule has 64 heavy (non-hydrogen) atoms. The van der Waals surface area contributed by atoms with Crippen molar-refractivity contribution in [3.8, 4) is 34.5 Å². The van der Waals surface area contributed by atoms with E-state index >= 15 is 0 Å². The third-order valence-corrected chi connectivity index (χ3v) is 10.1. The van der Waals surface area contributed by atoms with Gasteiger partial charge in [-0.15, -0.1) is 0 Å². The van der Waals surface area contributed by atoms with Crippen molar-refractivity contribution in [1.29, 1.82) is 0 Å². The van der Waals surface area contributed by atoms with E-state index < -0.39 is 18.4 Å². The van der Waals surface area contributed by atoms with E-state index in [9.17, 15) is 19.5 Å². The van der Waals surface area contributed by atoms with Gasteiger partial charge in [0.15, 0.2) is 6.10 Å². The molecule has 328 valence electrons. The predicted molar refractivity (Wildman–Crippen MR) is 233 cm³/mol. The van der Waals surface area contributed by atoms with E-state index in [1.54, 1.807) is 113 Å². The van der Waals surface area contributed by atoms with Gasteiger partial charge >= 0.3 is 6.16 Å². The van der Waals surface area contributed by atoms with Crippen LogP contribution in [-0.4, -0.2) is 90.9 Å². The molecule has 5 heterocycles. The summed E-state index contributed by atoms with van der Waals surface area (Å²) in [6.07, 6.45) is 1.22. The van der Waals surface area contributed by atoms with Gasteiger partial charge in [0.2, 0.25) is 0 Å². The summed E-state index contributed by atoms with van der Waals surface area (Å²) in [5.41, 5.74) is 3.49. The topological polar surface area (TPSA) is 223 Å². The van der Waals surface area contributed by atoms with Gasteiger partial charge in [0.05, 0.1) is 28.8 Å². The number of furan rings is 2. The van der Waals surface area contributed by atoms with Gasteiger partial charge in [-0.3, -0.25) is 19.6 Å².